The fraction of sp³-hybridized carbons (Fsp3) is 0.344. The summed E-state index contributed by atoms with van der Waals surface area (Å²) in [6.07, 6.45) is 11.3. The van der Waals surface area contributed by atoms with E-state index in [9.17, 15) is 9.90 Å². The van der Waals surface area contributed by atoms with Gasteiger partial charge in [0, 0.05) is 31.1 Å². The number of carbonyl (C=O) groups is 1. The number of rotatable bonds is 7. The summed E-state index contributed by atoms with van der Waals surface area (Å²) in [5, 5.41) is 13.7. The summed E-state index contributed by atoms with van der Waals surface area (Å²) in [5.74, 6) is 2.17. The van der Waals surface area contributed by atoms with Crippen LogP contribution < -0.4 is 10.1 Å². The Balaban J connectivity index is 1.67. The lowest BCUT2D eigenvalue weighted by Gasteiger charge is -2.33. The number of ether oxygens (including phenoxy) is 1. The second-order valence-electron chi connectivity index (χ2n) is 10.1. The Morgan fingerprint density at radius 3 is 2.82 bits per heavy atom. The average Bonchev–Trinajstić information content (AvgIpc) is 3.13. The lowest BCUT2D eigenvalue weighted by atomic mass is 9.77. The molecule has 38 heavy (non-hydrogen) atoms. The van der Waals surface area contributed by atoms with Crippen LogP contribution in [0, 0.1) is 5.92 Å². The fourth-order valence-corrected chi connectivity index (χ4v) is 5.91. The molecule has 2 N–H and O–H groups in total. The molecule has 2 heterocycles. The first-order valence-electron chi connectivity index (χ1n) is 13.4. The molecule has 0 radical (unpaired) electrons. The lowest BCUT2D eigenvalue weighted by molar-refractivity contribution is -0.114. The molecular formula is C32H38N2O3S. The molecule has 2 aromatic rings. The van der Waals surface area contributed by atoms with Crippen molar-refractivity contribution in [2.24, 2.45) is 5.92 Å². The van der Waals surface area contributed by atoms with Crippen molar-refractivity contribution in [2.75, 3.05) is 25.0 Å². The van der Waals surface area contributed by atoms with Crippen LogP contribution in [0.5, 0.6) is 5.75 Å². The number of hydrogen-bond acceptors (Lipinski definition) is 5. The Morgan fingerprint density at radius 2 is 2.05 bits per heavy atom. The largest absolute Gasteiger partial charge is 0.504 e. The van der Waals surface area contributed by atoms with E-state index in [0.717, 1.165) is 66.4 Å². The number of aliphatic hydroxyl groups excluding tert-OH is 1. The fourth-order valence-electron chi connectivity index (χ4n) is 5.60. The van der Waals surface area contributed by atoms with Crippen LogP contribution >= 0.6 is 12.6 Å². The molecule has 4 rings (SSSR count). The van der Waals surface area contributed by atoms with Gasteiger partial charge in [-0.05, 0) is 85.4 Å². The zero-order chi connectivity index (χ0) is 27.1. The van der Waals surface area contributed by atoms with E-state index in [1.54, 1.807) is 12.2 Å². The Hall–Kier alpha value is -3.22. The molecule has 5 nitrogen and oxygen atoms in total. The van der Waals surface area contributed by atoms with E-state index in [0.29, 0.717) is 18.1 Å². The molecule has 0 spiro atoms. The summed E-state index contributed by atoms with van der Waals surface area (Å²) in [6, 6.07) is 14.1. The molecule has 1 saturated heterocycles. The number of allylic oxidation sites excluding steroid dienone is 5. The Labute approximate surface area is 232 Å². The molecular weight excluding hydrogens is 492 g/mol. The van der Waals surface area contributed by atoms with Gasteiger partial charge in [0.15, 0.2) is 5.76 Å². The Morgan fingerprint density at radius 1 is 1.24 bits per heavy atom. The summed E-state index contributed by atoms with van der Waals surface area (Å²) < 4.78 is 6.34. The number of anilines is 1. The molecule has 2 unspecified atom stereocenters. The van der Waals surface area contributed by atoms with Crippen molar-refractivity contribution in [3.8, 4) is 16.9 Å². The highest BCUT2D eigenvalue weighted by Gasteiger charge is 2.34. The van der Waals surface area contributed by atoms with Gasteiger partial charge in [-0.2, -0.15) is 0 Å². The first-order valence-corrected chi connectivity index (χ1v) is 13.8. The van der Waals surface area contributed by atoms with Crippen LogP contribution in [0.2, 0.25) is 0 Å². The molecule has 0 aromatic heterocycles. The third-order valence-corrected chi connectivity index (χ3v) is 7.63. The number of amides is 1. The van der Waals surface area contributed by atoms with Gasteiger partial charge in [-0.15, -0.1) is 12.6 Å². The molecule has 2 atom stereocenters. The minimum atomic E-state index is -0.111. The van der Waals surface area contributed by atoms with Crippen LogP contribution in [0.25, 0.3) is 11.1 Å². The number of benzene rings is 2. The van der Waals surface area contributed by atoms with Crippen molar-refractivity contribution in [3.05, 3.63) is 95.3 Å². The minimum absolute atomic E-state index is 0.111. The molecule has 2 aliphatic heterocycles. The van der Waals surface area contributed by atoms with Crippen molar-refractivity contribution >= 4 is 24.2 Å². The molecule has 200 valence electrons. The van der Waals surface area contributed by atoms with Crippen molar-refractivity contribution in [1.29, 1.82) is 0 Å². The summed E-state index contributed by atoms with van der Waals surface area (Å²) in [7, 11) is 0. The van der Waals surface area contributed by atoms with E-state index in [4.69, 9.17) is 4.74 Å². The van der Waals surface area contributed by atoms with Gasteiger partial charge in [0.1, 0.15) is 11.5 Å². The first-order chi connectivity index (χ1) is 18.4. The minimum Gasteiger partial charge on any atom is -0.504 e. The molecule has 0 bridgehead atoms. The number of aliphatic hydroxyl groups is 1. The van der Waals surface area contributed by atoms with Crippen molar-refractivity contribution in [3.63, 3.8) is 0 Å². The van der Waals surface area contributed by atoms with Gasteiger partial charge in [0.25, 0.3) is 0 Å². The van der Waals surface area contributed by atoms with Crippen LogP contribution in [-0.2, 0) is 4.79 Å². The monoisotopic (exact) mass is 530 g/mol. The van der Waals surface area contributed by atoms with Gasteiger partial charge in [-0.25, -0.2) is 0 Å². The van der Waals surface area contributed by atoms with Crippen LogP contribution in [0.1, 0.15) is 51.0 Å². The van der Waals surface area contributed by atoms with E-state index < -0.39 is 0 Å². The normalized spacial score (nSPS) is 21.8. The van der Waals surface area contributed by atoms with Gasteiger partial charge in [-0.3, -0.25) is 9.69 Å². The Kier molecular flexibility index (Phi) is 9.53. The highest BCUT2D eigenvalue weighted by Crippen LogP contribution is 2.47. The van der Waals surface area contributed by atoms with Gasteiger partial charge < -0.3 is 15.2 Å². The molecule has 0 saturated carbocycles. The number of fused-ring (bicyclic) bond motifs is 1. The number of likely N-dealkylation sites (tertiary alicyclic amines) is 1. The second kappa shape index (κ2) is 13.0. The van der Waals surface area contributed by atoms with Crippen LogP contribution in [-0.4, -0.2) is 35.5 Å². The number of carbonyl (C=O) groups excluding carboxylic acids is 1. The predicted octanol–water partition coefficient (Wildman–Crippen LogP) is 7.63. The third-order valence-electron chi connectivity index (χ3n) is 7.34. The predicted molar refractivity (Wildman–Crippen MR) is 160 cm³/mol. The van der Waals surface area contributed by atoms with Gasteiger partial charge in [-0.1, -0.05) is 55.1 Å². The van der Waals surface area contributed by atoms with E-state index in [1.807, 2.05) is 49.4 Å². The average molecular weight is 531 g/mol. The number of nitrogens with zero attached hydrogens (tertiary/aromatic N) is 1. The smallest absolute Gasteiger partial charge is 0.221 e. The van der Waals surface area contributed by atoms with Crippen LogP contribution in [0.3, 0.4) is 0 Å². The number of hydrogen-bond donors (Lipinski definition) is 3. The van der Waals surface area contributed by atoms with Crippen molar-refractivity contribution in [2.45, 2.75) is 45.4 Å². The van der Waals surface area contributed by atoms with Crippen molar-refractivity contribution in [1.82, 2.24) is 4.90 Å². The van der Waals surface area contributed by atoms with E-state index in [-0.39, 0.29) is 17.6 Å². The maximum absolute atomic E-state index is 11.8. The zero-order valence-electron chi connectivity index (χ0n) is 22.3. The van der Waals surface area contributed by atoms with Gasteiger partial charge in [0.05, 0.1) is 0 Å². The molecule has 1 amide bonds. The molecule has 6 heteroatoms. The van der Waals surface area contributed by atoms with Gasteiger partial charge >= 0.3 is 0 Å². The maximum atomic E-state index is 11.8. The number of para-hydroxylation sites is 1. The highest BCUT2D eigenvalue weighted by molar-refractivity contribution is 7.84. The Bertz CT molecular complexity index is 1260. The van der Waals surface area contributed by atoms with Gasteiger partial charge in [0.2, 0.25) is 5.91 Å². The molecule has 2 aliphatic rings. The molecule has 1 fully saturated rings. The first kappa shape index (κ1) is 27.8. The number of thiol groups is 1. The van der Waals surface area contributed by atoms with E-state index in [1.165, 1.54) is 12.5 Å². The maximum Gasteiger partial charge on any atom is 0.221 e. The summed E-state index contributed by atoms with van der Waals surface area (Å²) in [4.78, 5) is 15.3. The quantitative estimate of drug-likeness (QED) is 0.196. The summed E-state index contributed by atoms with van der Waals surface area (Å²) >= 11 is 4.60. The van der Waals surface area contributed by atoms with Crippen molar-refractivity contribution < 1.29 is 14.6 Å². The van der Waals surface area contributed by atoms with E-state index >= 15 is 0 Å². The SMILES string of the molecule is C=C/C=C(\S)CN1CCCC(C2C/C(=C(O)\C=C/C)Oc3cc(-c4ccccc4NC(C)=O)ccc32)CC1. The second-order valence-corrected chi connectivity index (χ2v) is 10.6. The molecule has 0 aliphatic carbocycles. The lowest BCUT2D eigenvalue weighted by Crippen LogP contribution is -2.27. The zero-order valence-corrected chi connectivity index (χ0v) is 23.2. The topological polar surface area (TPSA) is 61.8 Å². The number of nitrogens with one attached hydrogen (secondary N) is 1. The standard InChI is InChI=1S/C32H38N2O3S/c1-4-9-25(38)21-34-17-8-11-23(16-18-34)28-20-32(30(36)10-5-2)37-31-19-24(14-15-27(28)31)26-12-6-7-13-29(26)33-22(3)35/h4-7,9-10,12-15,19,23,28,36,38H,1,8,11,16-18,20-21H2,2-3H3,(H,33,35)/b10-5-,25-9-,32-30-. The molecule has 2 aromatic carbocycles. The summed E-state index contributed by atoms with van der Waals surface area (Å²) in [5.41, 5.74) is 3.83. The third kappa shape index (κ3) is 6.80. The van der Waals surface area contributed by atoms with E-state index in [2.05, 4.69) is 41.6 Å². The van der Waals surface area contributed by atoms with Crippen LogP contribution in [0.15, 0.2) is 89.8 Å². The highest BCUT2D eigenvalue weighted by atomic mass is 32.1. The van der Waals surface area contributed by atoms with Crippen LogP contribution in [0.4, 0.5) is 5.69 Å². The summed E-state index contributed by atoms with van der Waals surface area (Å²) in [6.45, 7) is 10.1.